The number of hydrogen-bond acceptors (Lipinski definition) is 5. The van der Waals surface area contributed by atoms with E-state index in [4.69, 9.17) is 5.11 Å². The summed E-state index contributed by atoms with van der Waals surface area (Å²) in [5.41, 5.74) is 0. The van der Waals surface area contributed by atoms with Crippen molar-refractivity contribution in [3.05, 3.63) is 12.2 Å². The Morgan fingerprint density at radius 1 is 1.33 bits per heavy atom. The van der Waals surface area contributed by atoms with Gasteiger partial charge in [-0.05, 0) is 18.8 Å². The molecule has 3 N–H and O–H groups in total. The average Bonchev–Trinajstić information content (AvgIpc) is 2.95. The summed E-state index contributed by atoms with van der Waals surface area (Å²) in [6, 6.07) is -0.298. The Bertz CT molecular complexity index is 422. The molecule has 0 aliphatic rings. The highest BCUT2D eigenvalue weighted by atomic mass is 16.5. The van der Waals surface area contributed by atoms with Gasteiger partial charge in [0, 0.05) is 13.0 Å². The molecule has 1 aromatic rings. The standard InChI is InChI=1S/C13H22N4O4/c1-2-3-10(4-5-12(18)19)6-7-14-13(20)15-8-11-16-9-21-17-11/h9-10H,2-8H2,1H3,(H,18,19)(H2,14,15,20). The molecular weight excluding hydrogens is 276 g/mol. The van der Waals surface area contributed by atoms with Crippen LogP contribution in [0.1, 0.15) is 44.9 Å². The molecule has 0 fully saturated rings. The number of nitrogens with zero attached hydrogens (tertiary/aromatic N) is 2. The Morgan fingerprint density at radius 3 is 2.76 bits per heavy atom. The molecule has 0 spiro atoms. The van der Waals surface area contributed by atoms with Gasteiger partial charge in [-0.3, -0.25) is 4.79 Å². The van der Waals surface area contributed by atoms with Crippen molar-refractivity contribution in [3.8, 4) is 0 Å². The van der Waals surface area contributed by atoms with E-state index in [2.05, 4.69) is 32.2 Å². The summed E-state index contributed by atoms with van der Waals surface area (Å²) < 4.78 is 4.55. The van der Waals surface area contributed by atoms with Gasteiger partial charge in [0.15, 0.2) is 5.82 Å². The van der Waals surface area contributed by atoms with Crippen LogP contribution >= 0.6 is 0 Å². The Balaban J connectivity index is 2.16. The maximum absolute atomic E-state index is 11.5. The van der Waals surface area contributed by atoms with Crippen LogP contribution in [0.5, 0.6) is 0 Å². The Kier molecular flexibility index (Phi) is 7.85. The number of carbonyl (C=O) groups excluding carboxylic acids is 1. The lowest BCUT2D eigenvalue weighted by Gasteiger charge is -2.15. The fraction of sp³-hybridized carbons (Fsp3) is 0.692. The number of aliphatic carboxylic acids is 1. The van der Waals surface area contributed by atoms with Crippen molar-refractivity contribution in [1.82, 2.24) is 20.8 Å². The third kappa shape index (κ3) is 7.91. The minimum Gasteiger partial charge on any atom is -0.481 e. The van der Waals surface area contributed by atoms with Crippen molar-refractivity contribution < 1.29 is 19.2 Å². The topological polar surface area (TPSA) is 117 Å². The maximum Gasteiger partial charge on any atom is 0.315 e. The van der Waals surface area contributed by atoms with Crippen molar-refractivity contribution in [2.45, 2.75) is 45.6 Å². The van der Waals surface area contributed by atoms with Crippen LogP contribution in [0.4, 0.5) is 4.79 Å². The quantitative estimate of drug-likeness (QED) is 0.603. The van der Waals surface area contributed by atoms with Gasteiger partial charge in [-0.25, -0.2) is 4.79 Å². The SMILES string of the molecule is CCCC(CCNC(=O)NCc1ncon1)CCC(=O)O. The van der Waals surface area contributed by atoms with Crippen molar-refractivity contribution in [2.24, 2.45) is 5.92 Å². The van der Waals surface area contributed by atoms with Crippen molar-refractivity contribution in [1.29, 1.82) is 0 Å². The number of carbonyl (C=O) groups is 2. The Morgan fingerprint density at radius 2 is 2.14 bits per heavy atom. The van der Waals surface area contributed by atoms with Gasteiger partial charge < -0.3 is 20.3 Å². The molecule has 2 amide bonds. The number of aromatic nitrogens is 2. The number of hydrogen-bond donors (Lipinski definition) is 3. The molecule has 0 aliphatic carbocycles. The molecule has 0 aliphatic heterocycles. The molecule has 0 aromatic carbocycles. The molecule has 118 valence electrons. The smallest absolute Gasteiger partial charge is 0.315 e. The van der Waals surface area contributed by atoms with Crippen molar-refractivity contribution >= 4 is 12.0 Å². The normalized spacial score (nSPS) is 11.9. The van der Waals surface area contributed by atoms with Gasteiger partial charge in [0.1, 0.15) is 0 Å². The fourth-order valence-corrected chi connectivity index (χ4v) is 2.05. The van der Waals surface area contributed by atoms with E-state index >= 15 is 0 Å². The van der Waals surface area contributed by atoms with Gasteiger partial charge in [-0.2, -0.15) is 4.98 Å². The Hall–Kier alpha value is -2.12. The lowest BCUT2D eigenvalue weighted by Crippen LogP contribution is -2.36. The summed E-state index contributed by atoms with van der Waals surface area (Å²) >= 11 is 0. The molecule has 0 bridgehead atoms. The van der Waals surface area contributed by atoms with Gasteiger partial charge in [0.05, 0.1) is 6.54 Å². The minimum absolute atomic E-state index is 0.175. The van der Waals surface area contributed by atoms with Crippen LogP contribution in [0, 0.1) is 5.92 Å². The molecule has 1 aromatic heterocycles. The van der Waals surface area contributed by atoms with E-state index in [1.54, 1.807) is 0 Å². The summed E-state index contributed by atoms with van der Waals surface area (Å²) in [6.07, 6.45) is 4.78. The fourth-order valence-electron chi connectivity index (χ4n) is 2.05. The van der Waals surface area contributed by atoms with Crippen molar-refractivity contribution in [3.63, 3.8) is 0 Å². The van der Waals surface area contributed by atoms with E-state index in [1.807, 2.05) is 0 Å². The van der Waals surface area contributed by atoms with Crippen LogP contribution < -0.4 is 10.6 Å². The monoisotopic (exact) mass is 298 g/mol. The van der Waals surface area contributed by atoms with E-state index in [9.17, 15) is 9.59 Å². The molecule has 0 radical (unpaired) electrons. The predicted molar refractivity (Wildman–Crippen MR) is 74.4 cm³/mol. The van der Waals surface area contributed by atoms with Crippen LogP contribution in [-0.2, 0) is 11.3 Å². The number of amides is 2. The first-order valence-electron chi connectivity index (χ1n) is 7.10. The predicted octanol–water partition coefficient (Wildman–Crippen LogP) is 1.54. The first-order valence-corrected chi connectivity index (χ1v) is 7.10. The highest BCUT2D eigenvalue weighted by molar-refractivity contribution is 5.73. The molecular formula is C13H22N4O4. The first kappa shape index (κ1) is 16.9. The molecule has 1 heterocycles. The largest absolute Gasteiger partial charge is 0.481 e. The lowest BCUT2D eigenvalue weighted by molar-refractivity contribution is -0.137. The summed E-state index contributed by atoms with van der Waals surface area (Å²) in [5, 5.41) is 17.6. The second-order valence-electron chi connectivity index (χ2n) is 4.83. The van der Waals surface area contributed by atoms with Gasteiger partial charge in [0.25, 0.3) is 0 Å². The maximum atomic E-state index is 11.5. The van der Waals surface area contributed by atoms with Crippen LogP contribution in [-0.4, -0.2) is 33.8 Å². The summed E-state index contributed by atoms with van der Waals surface area (Å²) in [5.74, 6) is -0.0407. The lowest BCUT2D eigenvalue weighted by atomic mass is 9.94. The zero-order valence-corrected chi connectivity index (χ0v) is 12.2. The van der Waals surface area contributed by atoms with E-state index in [-0.39, 0.29) is 19.0 Å². The number of carboxylic acid groups (broad SMARTS) is 1. The van der Waals surface area contributed by atoms with E-state index < -0.39 is 5.97 Å². The highest BCUT2D eigenvalue weighted by Crippen LogP contribution is 2.17. The molecule has 8 heteroatoms. The minimum atomic E-state index is -0.776. The average molecular weight is 298 g/mol. The summed E-state index contributed by atoms with van der Waals surface area (Å²) in [4.78, 5) is 25.9. The highest BCUT2D eigenvalue weighted by Gasteiger charge is 2.11. The molecule has 8 nitrogen and oxygen atoms in total. The number of rotatable bonds is 10. The molecule has 1 unspecified atom stereocenters. The zero-order chi connectivity index (χ0) is 15.5. The third-order valence-electron chi connectivity index (χ3n) is 3.12. The van der Waals surface area contributed by atoms with Crippen molar-refractivity contribution in [2.75, 3.05) is 6.54 Å². The second kappa shape index (κ2) is 9.73. The van der Waals surface area contributed by atoms with Crippen LogP contribution in [0.3, 0.4) is 0 Å². The summed E-state index contributed by atoms with van der Waals surface area (Å²) in [6.45, 7) is 2.79. The second-order valence-corrected chi connectivity index (χ2v) is 4.83. The molecule has 0 saturated carbocycles. The number of nitrogens with one attached hydrogen (secondary N) is 2. The van der Waals surface area contributed by atoms with E-state index in [0.29, 0.717) is 24.7 Å². The molecule has 1 atom stereocenters. The van der Waals surface area contributed by atoms with Gasteiger partial charge in [-0.15, -0.1) is 0 Å². The first-order chi connectivity index (χ1) is 10.1. The van der Waals surface area contributed by atoms with Gasteiger partial charge >= 0.3 is 12.0 Å². The van der Waals surface area contributed by atoms with Crippen LogP contribution in [0.15, 0.2) is 10.9 Å². The number of carboxylic acids is 1. The van der Waals surface area contributed by atoms with Gasteiger partial charge in [0.2, 0.25) is 6.39 Å². The number of urea groups is 1. The van der Waals surface area contributed by atoms with Crippen LogP contribution in [0.2, 0.25) is 0 Å². The van der Waals surface area contributed by atoms with E-state index in [1.165, 1.54) is 6.39 Å². The van der Waals surface area contributed by atoms with Gasteiger partial charge in [-0.1, -0.05) is 24.9 Å². The molecule has 0 saturated heterocycles. The van der Waals surface area contributed by atoms with E-state index in [0.717, 1.165) is 19.3 Å². The molecule has 21 heavy (non-hydrogen) atoms. The Labute approximate surface area is 123 Å². The molecule has 1 rings (SSSR count). The third-order valence-corrected chi connectivity index (χ3v) is 3.12. The summed E-state index contributed by atoms with van der Waals surface area (Å²) in [7, 11) is 0. The zero-order valence-electron chi connectivity index (χ0n) is 12.2. The van der Waals surface area contributed by atoms with Crippen LogP contribution in [0.25, 0.3) is 0 Å².